The molecule has 0 unspecified atom stereocenters. The first-order valence-electron chi connectivity index (χ1n) is 5.18. The normalized spacial score (nSPS) is 14.8. The van der Waals surface area contributed by atoms with E-state index in [2.05, 4.69) is 10.7 Å². The molecule has 0 saturated heterocycles. The van der Waals surface area contributed by atoms with Crippen molar-refractivity contribution in [3.05, 3.63) is 48.0 Å². The highest BCUT2D eigenvalue weighted by molar-refractivity contribution is 5.97. The predicted molar refractivity (Wildman–Crippen MR) is 60.6 cm³/mol. The molecule has 0 spiro atoms. The number of hydrogen-bond donors (Lipinski definition) is 0. The highest BCUT2D eigenvalue weighted by atomic mass is 16.1. The van der Waals surface area contributed by atoms with E-state index in [-0.39, 0.29) is 5.78 Å². The average Bonchev–Trinajstić information content (AvgIpc) is 2.31. The molecule has 1 aromatic carbocycles. The summed E-state index contributed by atoms with van der Waals surface area (Å²) >= 11 is 0. The van der Waals surface area contributed by atoms with Crippen LogP contribution in [0.25, 0.3) is 0 Å². The number of carbonyl (C=O) groups excluding carboxylic acids is 1. The average molecular weight is 200 g/mol. The Labute approximate surface area is 89.6 Å². The number of nitrogens with zero attached hydrogens (tertiary/aromatic N) is 1. The van der Waals surface area contributed by atoms with Crippen molar-refractivity contribution < 1.29 is 9.37 Å². The summed E-state index contributed by atoms with van der Waals surface area (Å²) in [5.41, 5.74) is 0.792. The predicted octanol–water partition coefficient (Wildman–Crippen LogP) is 1.91. The summed E-state index contributed by atoms with van der Waals surface area (Å²) in [5, 5.41) is 0. The first kappa shape index (κ1) is 9.84. The monoisotopic (exact) mass is 200 g/mol. The number of allylic oxidation sites excluding steroid dienone is 1. The molecular formula is C13H14NO+. The second kappa shape index (κ2) is 4.69. The van der Waals surface area contributed by atoms with E-state index in [9.17, 15) is 4.79 Å². The number of benzene rings is 1. The van der Waals surface area contributed by atoms with Crippen LogP contribution in [0.15, 0.2) is 42.5 Å². The molecule has 0 bridgehead atoms. The van der Waals surface area contributed by atoms with Gasteiger partial charge in [0.1, 0.15) is 6.54 Å². The molecular weight excluding hydrogens is 186 g/mol. The molecule has 15 heavy (non-hydrogen) atoms. The van der Waals surface area contributed by atoms with Gasteiger partial charge in [0.2, 0.25) is 12.3 Å². The molecule has 2 heteroatoms. The molecule has 0 aromatic heterocycles. The van der Waals surface area contributed by atoms with Crippen molar-refractivity contribution in [2.24, 2.45) is 0 Å². The standard InChI is InChI=1S/C13H14NO/c15-13(12-7-3-1-4-8-12)11-14-9-5-2-6-10-14/h1-5,7-9H,6,10-11H2/q+1. The van der Waals surface area contributed by atoms with Crippen LogP contribution < -0.4 is 0 Å². The summed E-state index contributed by atoms with van der Waals surface area (Å²) in [5.74, 6) is 0.183. The van der Waals surface area contributed by atoms with Crippen LogP contribution in [0.1, 0.15) is 16.8 Å². The fourth-order valence-corrected chi connectivity index (χ4v) is 1.63. The third-order valence-corrected chi connectivity index (χ3v) is 2.46. The number of Topliss-reactive ketones (excluding diaryl/α,β-unsaturated/α-hetero) is 1. The largest absolute Gasteiger partial charge is 0.287 e. The van der Waals surface area contributed by atoms with Crippen molar-refractivity contribution in [1.82, 2.24) is 0 Å². The fraction of sp³-hybridized carbons (Fsp3) is 0.231. The molecule has 1 heterocycles. The Bertz CT molecular complexity index is 404. The van der Waals surface area contributed by atoms with Gasteiger partial charge in [-0.15, -0.1) is 0 Å². The van der Waals surface area contributed by atoms with Gasteiger partial charge < -0.3 is 0 Å². The van der Waals surface area contributed by atoms with Crippen molar-refractivity contribution >= 4 is 12.0 Å². The summed E-state index contributed by atoms with van der Waals surface area (Å²) in [6, 6.07) is 9.44. The van der Waals surface area contributed by atoms with E-state index < -0.39 is 0 Å². The van der Waals surface area contributed by atoms with E-state index in [0.29, 0.717) is 6.54 Å². The minimum Gasteiger partial charge on any atom is -0.287 e. The lowest BCUT2D eigenvalue weighted by molar-refractivity contribution is -0.509. The molecule has 1 aliphatic heterocycles. The smallest absolute Gasteiger partial charge is 0.227 e. The SMILES string of the molecule is O=C(C[N+]1=CC=CCC1)c1ccccc1. The van der Waals surface area contributed by atoms with Gasteiger partial charge in [0.05, 0.1) is 0 Å². The van der Waals surface area contributed by atoms with E-state index in [1.807, 2.05) is 42.6 Å². The maximum absolute atomic E-state index is 11.8. The van der Waals surface area contributed by atoms with E-state index in [0.717, 1.165) is 18.5 Å². The van der Waals surface area contributed by atoms with Crippen LogP contribution in [0, 0.1) is 0 Å². The maximum atomic E-state index is 11.8. The van der Waals surface area contributed by atoms with Crippen molar-refractivity contribution in [3.8, 4) is 0 Å². The zero-order valence-electron chi connectivity index (χ0n) is 8.60. The van der Waals surface area contributed by atoms with Gasteiger partial charge in [-0.3, -0.25) is 4.79 Å². The first-order valence-corrected chi connectivity index (χ1v) is 5.18. The Balaban J connectivity index is 2.04. The summed E-state index contributed by atoms with van der Waals surface area (Å²) in [6.45, 7) is 1.42. The Morgan fingerprint density at radius 1 is 1.27 bits per heavy atom. The molecule has 0 N–H and O–H groups in total. The molecule has 0 fully saturated rings. The third-order valence-electron chi connectivity index (χ3n) is 2.46. The van der Waals surface area contributed by atoms with Gasteiger partial charge in [-0.25, -0.2) is 4.58 Å². The van der Waals surface area contributed by atoms with Crippen LogP contribution in [0.4, 0.5) is 0 Å². The Hall–Kier alpha value is -1.70. The van der Waals surface area contributed by atoms with Gasteiger partial charge in [0.25, 0.3) is 0 Å². The molecule has 1 aliphatic rings. The first-order chi connectivity index (χ1) is 7.36. The van der Waals surface area contributed by atoms with E-state index in [1.165, 1.54) is 0 Å². The Morgan fingerprint density at radius 2 is 2.07 bits per heavy atom. The molecule has 2 rings (SSSR count). The van der Waals surface area contributed by atoms with Crippen molar-refractivity contribution in [2.45, 2.75) is 6.42 Å². The van der Waals surface area contributed by atoms with E-state index >= 15 is 0 Å². The number of hydrogen-bond acceptors (Lipinski definition) is 1. The lowest BCUT2D eigenvalue weighted by Crippen LogP contribution is -2.23. The van der Waals surface area contributed by atoms with E-state index in [4.69, 9.17) is 0 Å². The lowest BCUT2D eigenvalue weighted by Gasteiger charge is -2.03. The van der Waals surface area contributed by atoms with Gasteiger partial charge in [0, 0.05) is 12.0 Å². The van der Waals surface area contributed by atoms with Crippen molar-refractivity contribution in [3.63, 3.8) is 0 Å². The van der Waals surface area contributed by atoms with Crippen molar-refractivity contribution in [1.29, 1.82) is 0 Å². The summed E-state index contributed by atoms with van der Waals surface area (Å²) in [4.78, 5) is 11.8. The lowest BCUT2D eigenvalue weighted by atomic mass is 10.1. The third kappa shape index (κ3) is 2.62. The van der Waals surface area contributed by atoms with Gasteiger partial charge in [0.15, 0.2) is 6.21 Å². The molecule has 0 saturated carbocycles. The second-order valence-electron chi connectivity index (χ2n) is 3.63. The molecule has 0 atom stereocenters. The second-order valence-corrected chi connectivity index (χ2v) is 3.63. The van der Waals surface area contributed by atoms with Crippen molar-refractivity contribution in [2.75, 3.05) is 13.1 Å². The Morgan fingerprint density at radius 3 is 2.73 bits per heavy atom. The number of ketones is 1. The number of rotatable bonds is 3. The Kier molecular flexibility index (Phi) is 3.08. The molecule has 0 amide bonds. The van der Waals surface area contributed by atoms with Crippen LogP contribution >= 0.6 is 0 Å². The zero-order chi connectivity index (χ0) is 10.5. The molecule has 0 radical (unpaired) electrons. The van der Waals surface area contributed by atoms with Crippen LogP contribution in [-0.4, -0.2) is 29.7 Å². The molecule has 76 valence electrons. The maximum Gasteiger partial charge on any atom is 0.227 e. The zero-order valence-corrected chi connectivity index (χ0v) is 8.60. The van der Waals surface area contributed by atoms with E-state index in [1.54, 1.807) is 0 Å². The van der Waals surface area contributed by atoms with Crippen LogP contribution in [-0.2, 0) is 0 Å². The summed E-state index contributed by atoms with van der Waals surface area (Å²) in [7, 11) is 0. The molecule has 0 aliphatic carbocycles. The molecule has 1 aromatic rings. The van der Waals surface area contributed by atoms with Gasteiger partial charge in [-0.05, 0) is 6.08 Å². The minimum absolute atomic E-state index is 0.183. The van der Waals surface area contributed by atoms with Crippen LogP contribution in [0.2, 0.25) is 0 Å². The quantitative estimate of drug-likeness (QED) is 0.539. The summed E-state index contributed by atoms with van der Waals surface area (Å²) < 4.78 is 2.05. The summed E-state index contributed by atoms with van der Waals surface area (Å²) in [6.07, 6.45) is 7.12. The van der Waals surface area contributed by atoms with Crippen LogP contribution in [0.3, 0.4) is 0 Å². The van der Waals surface area contributed by atoms with Gasteiger partial charge >= 0.3 is 0 Å². The number of carbonyl (C=O) groups is 1. The van der Waals surface area contributed by atoms with Gasteiger partial charge in [-0.1, -0.05) is 36.4 Å². The molecule has 2 nitrogen and oxygen atoms in total. The van der Waals surface area contributed by atoms with Gasteiger partial charge in [-0.2, -0.15) is 0 Å². The fourth-order valence-electron chi connectivity index (χ4n) is 1.63. The van der Waals surface area contributed by atoms with Crippen LogP contribution in [0.5, 0.6) is 0 Å². The topological polar surface area (TPSA) is 20.1 Å². The highest BCUT2D eigenvalue weighted by Crippen LogP contribution is 2.01. The minimum atomic E-state index is 0.183. The highest BCUT2D eigenvalue weighted by Gasteiger charge is 2.13.